The van der Waals surface area contributed by atoms with Crippen LogP contribution in [0.2, 0.25) is 5.02 Å². The monoisotopic (exact) mass is 257 g/mol. The molecular formula is C11H12ClNO4. The number of carbonyl (C=O) groups excluding carboxylic acids is 1. The highest BCUT2D eigenvalue weighted by atomic mass is 35.5. The Labute approximate surface area is 103 Å². The minimum atomic E-state index is -1.11. The Morgan fingerprint density at radius 1 is 1.41 bits per heavy atom. The third kappa shape index (κ3) is 4.84. The van der Waals surface area contributed by atoms with Crippen molar-refractivity contribution in [1.82, 2.24) is 0 Å². The van der Waals surface area contributed by atoms with Gasteiger partial charge in [-0.05, 0) is 31.2 Å². The van der Waals surface area contributed by atoms with E-state index >= 15 is 0 Å². The van der Waals surface area contributed by atoms with Crippen LogP contribution in [0, 0.1) is 0 Å². The van der Waals surface area contributed by atoms with Crippen LogP contribution < -0.4 is 5.32 Å². The van der Waals surface area contributed by atoms with Crippen LogP contribution in [-0.4, -0.2) is 29.7 Å². The zero-order valence-corrected chi connectivity index (χ0v) is 9.90. The summed E-state index contributed by atoms with van der Waals surface area (Å²) in [5.41, 5.74) is 0.575. The van der Waals surface area contributed by atoms with Gasteiger partial charge in [0.15, 0.2) is 6.10 Å². The van der Waals surface area contributed by atoms with Crippen LogP contribution >= 0.6 is 11.6 Å². The van der Waals surface area contributed by atoms with Gasteiger partial charge >= 0.3 is 5.97 Å². The molecule has 6 heteroatoms. The van der Waals surface area contributed by atoms with Gasteiger partial charge in [0, 0.05) is 10.7 Å². The number of hydrogen-bond donors (Lipinski definition) is 2. The predicted molar refractivity (Wildman–Crippen MR) is 63.1 cm³/mol. The van der Waals surface area contributed by atoms with Crippen LogP contribution in [0.25, 0.3) is 0 Å². The number of ether oxygens (including phenoxy) is 1. The van der Waals surface area contributed by atoms with Gasteiger partial charge in [0.1, 0.15) is 6.61 Å². The van der Waals surface area contributed by atoms with E-state index in [2.05, 4.69) is 5.32 Å². The topological polar surface area (TPSA) is 75.6 Å². The number of nitrogens with one attached hydrogen (secondary N) is 1. The Bertz CT molecular complexity index is 404. The molecule has 1 atom stereocenters. The second-order valence-electron chi connectivity index (χ2n) is 3.35. The number of carbonyl (C=O) groups is 2. The molecule has 17 heavy (non-hydrogen) atoms. The molecule has 0 fully saturated rings. The summed E-state index contributed by atoms with van der Waals surface area (Å²) in [7, 11) is 0. The Kier molecular flexibility index (Phi) is 4.93. The maximum absolute atomic E-state index is 11.4. The van der Waals surface area contributed by atoms with Crippen LogP contribution in [0.15, 0.2) is 24.3 Å². The molecule has 0 saturated carbocycles. The lowest BCUT2D eigenvalue weighted by atomic mass is 10.3. The molecule has 0 aliphatic carbocycles. The van der Waals surface area contributed by atoms with Crippen molar-refractivity contribution in [2.24, 2.45) is 0 Å². The molecule has 1 aromatic carbocycles. The average molecular weight is 258 g/mol. The van der Waals surface area contributed by atoms with Crippen molar-refractivity contribution in [2.75, 3.05) is 11.9 Å². The fraction of sp³-hybridized carbons (Fsp3) is 0.273. The van der Waals surface area contributed by atoms with E-state index < -0.39 is 18.0 Å². The molecule has 1 aromatic rings. The van der Waals surface area contributed by atoms with Gasteiger partial charge in [-0.25, -0.2) is 4.79 Å². The molecule has 0 saturated heterocycles. The first-order valence-corrected chi connectivity index (χ1v) is 5.26. The normalized spacial score (nSPS) is 11.9. The summed E-state index contributed by atoms with van der Waals surface area (Å²) in [5.74, 6) is -1.52. The quantitative estimate of drug-likeness (QED) is 0.843. The minimum Gasteiger partial charge on any atom is -0.479 e. The number of benzene rings is 1. The van der Waals surface area contributed by atoms with Crippen molar-refractivity contribution in [2.45, 2.75) is 13.0 Å². The summed E-state index contributed by atoms with van der Waals surface area (Å²) >= 11 is 5.68. The van der Waals surface area contributed by atoms with Gasteiger partial charge in [0.25, 0.3) is 0 Å². The Morgan fingerprint density at radius 3 is 2.53 bits per heavy atom. The summed E-state index contributed by atoms with van der Waals surface area (Å²) in [5, 5.41) is 11.7. The SMILES string of the molecule is C[C@H](OCC(=O)Nc1ccc(Cl)cc1)C(=O)O. The van der Waals surface area contributed by atoms with Gasteiger partial charge in [-0.1, -0.05) is 11.6 Å². The van der Waals surface area contributed by atoms with E-state index in [0.29, 0.717) is 10.7 Å². The molecule has 1 amide bonds. The lowest BCUT2D eigenvalue weighted by Gasteiger charge is -2.08. The number of carboxylic acids is 1. The molecular weight excluding hydrogens is 246 g/mol. The van der Waals surface area contributed by atoms with E-state index in [1.807, 2.05) is 0 Å². The molecule has 2 N–H and O–H groups in total. The number of rotatable bonds is 5. The van der Waals surface area contributed by atoms with Crippen molar-refractivity contribution in [3.63, 3.8) is 0 Å². The molecule has 0 aromatic heterocycles. The number of hydrogen-bond acceptors (Lipinski definition) is 3. The second kappa shape index (κ2) is 6.22. The maximum atomic E-state index is 11.4. The van der Waals surface area contributed by atoms with Crippen molar-refractivity contribution >= 4 is 29.2 Å². The first-order valence-electron chi connectivity index (χ1n) is 4.89. The van der Waals surface area contributed by atoms with Crippen LogP contribution in [0.4, 0.5) is 5.69 Å². The van der Waals surface area contributed by atoms with E-state index in [0.717, 1.165) is 0 Å². The Hall–Kier alpha value is -1.59. The van der Waals surface area contributed by atoms with E-state index in [9.17, 15) is 9.59 Å². The standard InChI is InChI=1S/C11H12ClNO4/c1-7(11(15)16)17-6-10(14)13-9-4-2-8(12)3-5-9/h2-5,7H,6H2,1H3,(H,13,14)(H,15,16)/t7-/m0/s1. The zero-order chi connectivity index (χ0) is 12.8. The zero-order valence-electron chi connectivity index (χ0n) is 9.14. The predicted octanol–water partition coefficient (Wildman–Crippen LogP) is 1.77. The Balaban J connectivity index is 2.39. The van der Waals surface area contributed by atoms with Gasteiger partial charge in [-0.3, -0.25) is 4.79 Å². The first-order chi connectivity index (χ1) is 7.99. The summed E-state index contributed by atoms with van der Waals surface area (Å²) < 4.78 is 4.82. The summed E-state index contributed by atoms with van der Waals surface area (Å²) in [6.45, 7) is 1.05. The number of anilines is 1. The number of aliphatic carboxylic acids is 1. The van der Waals surface area contributed by atoms with Crippen LogP contribution in [0.3, 0.4) is 0 Å². The van der Waals surface area contributed by atoms with Crippen LogP contribution in [-0.2, 0) is 14.3 Å². The van der Waals surface area contributed by atoms with Gasteiger partial charge in [0.05, 0.1) is 0 Å². The van der Waals surface area contributed by atoms with Crippen LogP contribution in [0.5, 0.6) is 0 Å². The molecule has 0 heterocycles. The van der Waals surface area contributed by atoms with E-state index in [-0.39, 0.29) is 6.61 Å². The van der Waals surface area contributed by atoms with Gasteiger partial charge in [-0.15, -0.1) is 0 Å². The van der Waals surface area contributed by atoms with Crippen molar-refractivity contribution < 1.29 is 19.4 Å². The fourth-order valence-corrected chi connectivity index (χ4v) is 1.13. The molecule has 0 aliphatic rings. The lowest BCUT2D eigenvalue weighted by molar-refractivity contribution is -0.150. The second-order valence-corrected chi connectivity index (χ2v) is 3.78. The van der Waals surface area contributed by atoms with Gasteiger partial charge in [0.2, 0.25) is 5.91 Å². The van der Waals surface area contributed by atoms with Crippen molar-refractivity contribution in [3.8, 4) is 0 Å². The van der Waals surface area contributed by atoms with E-state index in [1.165, 1.54) is 6.92 Å². The number of carboxylic acid groups (broad SMARTS) is 1. The summed E-state index contributed by atoms with van der Waals surface area (Å²) in [4.78, 5) is 21.8. The van der Waals surface area contributed by atoms with Crippen molar-refractivity contribution in [1.29, 1.82) is 0 Å². The first kappa shape index (κ1) is 13.5. The number of halogens is 1. The molecule has 0 radical (unpaired) electrons. The molecule has 0 bridgehead atoms. The average Bonchev–Trinajstić information content (AvgIpc) is 2.29. The largest absolute Gasteiger partial charge is 0.479 e. The van der Waals surface area contributed by atoms with Gasteiger partial charge < -0.3 is 15.2 Å². The van der Waals surface area contributed by atoms with E-state index in [1.54, 1.807) is 24.3 Å². The molecule has 92 valence electrons. The Morgan fingerprint density at radius 2 is 2.00 bits per heavy atom. The lowest BCUT2D eigenvalue weighted by Crippen LogP contribution is -2.26. The van der Waals surface area contributed by atoms with Crippen molar-refractivity contribution in [3.05, 3.63) is 29.3 Å². The molecule has 1 rings (SSSR count). The van der Waals surface area contributed by atoms with E-state index in [4.69, 9.17) is 21.4 Å². The van der Waals surface area contributed by atoms with Crippen LogP contribution in [0.1, 0.15) is 6.92 Å². The highest BCUT2D eigenvalue weighted by Crippen LogP contribution is 2.13. The summed E-state index contributed by atoms with van der Waals surface area (Å²) in [6.07, 6.45) is -1.01. The fourth-order valence-electron chi connectivity index (χ4n) is 1.00. The number of amides is 1. The summed E-state index contributed by atoms with van der Waals surface area (Å²) in [6, 6.07) is 6.55. The highest BCUT2D eigenvalue weighted by Gasteiger charge is 2.13. The molecule has 0 aliphatic heterocycles. The third-order valence-corrected chi connectivity index (χ3v) is 2.19. The highest BCUT2D eigenvalue weighted by molar-refractivity contribution is 6.30. The minimum absolute atomic E-state index is 0.309. The molecule has 5 nitrogen and oxygen atoms in total. The maximum Gasteiger partial charge on any atom is 0.332 e. The smallest absolute Gasteiger partial charge is 0.332 e. The third-order valence-electron chi connectivity index (χ3n) is 1.94. The molecule has 0 unspecified atom stereocenters. The molecule has 0 spiro atoms. The van der Waals surface area contributed by atoms with Gasteiger partial charge in [-0.2, -0.15) is 0 Å².